The minimum Gasteiger partial charge on any atom is -0.436 e. The SMILES string of the molecule is CCC(C)c1ccc2oc(-c3cccc(NC(=O)C=Cc4ccc(Cl)c([N+](=O)[O-])c4)c3)nc2c1. The summed E-state index contributed by atoms with van der Waals surface area (Å²) >= 11 is 5.82. The molecule has 0 aliphatic heterocycles. The van der Waals surface area contributed by atoms with Gasteiger partial charge in [0, 0.05) is 23.4 Å². The number of benzene rings is 3. The van der Waals surface area contributed by atoms with E-state index in [0.29, 0.717) is 28.6 Å². The normalized spacial score (nSPS) is 12.2. The first kappa shape index (κ1) is 23.2. The number of aromatic nitrogens is 1. The second-order valence-electron chi connectivity index (χ2n) is 7.93. The molecule has 1 atom stereocenters. The van der Waals surface area contributed by atoms with E-state index in [-0.39, 0.29) is 16.6 Å². The molecule has 0 saturated heterocycles. The lowest BCUT2D eigenvalue weighted by Gasteiger charge is -2.07. The maximum Gasteiger partial charge on any atom is 0.288 e. The zero-order chi connectivity index (χ0) is 24.2. The number of carbonyl (C=O) groups is 1. The number of rotatable bonds is 7. The summed E-state index contributed by atoms with van der Waals surface area (Å²) in [7, 11) is 0. The topological polar surface area (TPSA) is 98.3 Å². The maximum absolute atomic E-state index is 12.4. The monoisotopic (exact) mass is 475 g/mol. The molecule has 0 radical (unpaired) electrons. The van der Waals surface area contributed by atoms with Crippen LogP contribution >= 0.6 is 11.6 Å². The van der Waals surface area contributed by atoms with E-state index in [2.05, 4.69) is 30.2 Å². The molecule has 34 heavy (non-hydrogen) atoms. The van der Waals surface area contributed by atoms with Crippen molar-refractivity contribution in [3.05, 3.63) is 93.0 Å². The molecule has 7 nitrogen and oxygen atoms in total. The van der Waals surface area contributed by atoms with Crippen molar-refractivity contribution in [3.8, 4) is 11.5 Å². The summed E-state index contributed by atoms with van der Waals surface area (Å²) in [5.74, 6) is 0.525. The smallest absolute Gasteiger partial charge is 0.288 e. The molecule has 4 rings (SSSR count). The van der Waals surface area contributed by atoms with E-state index in [9.17, 15) is 14.9 Å². The van der Waals surface area contributed by atoms with Crippen LogP contribution in [-0.4, -0.2) is 15.8 Å². The summed E-state index contributed by atoms with van der Waals surface area (Å²) < 4.78 is 5.92. The molecule has 4 aromatic rings. The fourth-order valence-corrected chi connectivity index (χ4v) is 3.66. The van der Waals surface area contributed by atoms with Crippen LogP contribution in [-0.2, 0) is 4.79 Å². The van der Waals surface area contributed by atoms with E-state index in [1.807, 2.05) is 18.2 Å². The molecule has 0 saturated carbocycles. The summed E-state index contributed by atoms with van der Waals surface area (Å²) in [6.45, 7) is 4.33. The third-order valence-corrected chi connectivity index (χ3v) is 5.88. The molecule has 0 fully saturated rings. The van der Waals surface area contributed by atoms with Gasteiger partial charge < -0.3 is 9.73 Å². The van der Waals surface area contributed by atoms with Crippen LogP contribution in [0.4, 0.5) is 11.4 Å². The quantitative estimate of drug-likeness (QED) is 0.173. The minimum absolute atomic E-state index is 0.0405. The van der Waals surface area contributed by atoms with Crippen LogP contribution in [0.15, 0.2) is 71.2 Å². The molecule has 172 valence electrons. The van der Waals surface area contributed by atoms with E-state index < -0.39 is 4.92 Å². The van der Waals surface area contributed by atoms with Crippen molar-refractivity contribution in [3.63, 3.8) is 0 Å². The van der Waals surface area contributed by atoms with Gasteiger partial charge in [-0.25, -0.2) is 4.98 Å². The number of oxazole rings is 1. The minimum atomic E-state index is -0.567. The number of amides is 1. The number of hydrogen-bond donors (Lipinski definition) is 1. The summed E-state index contributed by atoms with van der Waals surface area (Å²) in [5.41, 5.74) is 4.29. The second kappa shape index (κ2) is 9.89. The van der Waals surface area contributed by atoms with Gasteiger partial charge in [0.15, 0.2) is 5.58 Å². The van der Waals surface area contributed by atoms with Crippen molar-refractivity contribution in [1.82, 2.24) is 4.98 Å². The lowest BCUT2D eigenvalue weighted by atomic mass is 9.98. The highest BCUT2D eigenvalue weighted by Gasteiger charge is 2.13. The third kappa shape index (κ3) is 5.15. The van der Waals surface area contributed by atoms with Gasteiger partial charge in [0.25, 0.3) is 5.69 Å². The van der Waals surface area contributed by atoms with E-state index >= 15 is 0 Å². The Bertz CT molecular complexity index is 1410. The Kier molecular flexibility index (Phi) is 6.75. The van der Waals surface area contributed by atoms with Gasteiger partial charge in [-0.15, -0.1) is 0 Å². The number of anilines is 1. The predicted octanol–water partition coefficient (Wildman–Crippen LogP) is 7.22. The number of fused-ring (bicyclic) bond motifs is 1. The number of nitro groups is 1. The Morgan fingerprint density at radius 3 is 2.79 bits per heavy atom. The predicted molar refractivity (Wildman–Crippen MR) is 134 cm³/mol. The molecule has 0 spiro atoms. The van der Waals surface area contributed by atoms with Gasteiger partial charge in [0.2, 0.25) is 11.8 Å². The first-order chi connectivity index (χ1) is 16.3. The molecule has 1 aromatic heterocycles. The molecule has 0 aliphatic carbocycles. The van der Waals surface area contributed by atoms with E-state index in [0.717, 1.165) is 17.5 Å². The van der Waals surface area contributed by atoms with E-state index in [1.165, 1.54) is 29.8 Å². The Balaban J connectivity index is 1.50. The summed E-state index contributed by atoms with van der Waals surface area (Å²) in [4.78, 5) is 27.5. The average Bonchev–Trinajstić information content (AvgIpc) is 3.26. The zero-order valence-corrected chi connectivity index (χ0v) is 19.4. The van der Waals surface area contributed by atoms with Crippen molar-refractivity contribution in [1.29, 1.82) is 0 Å². The molecular formula is C26H22ClN3O4. The lowest BCUT2D eigenvalue weighted by Crippen LogP contribution is -2.07. The van der Waals surface area contributed by atoms with Gasteiger partial charge in [-0.1, -0.05) is 43.6 Å². The summed E-state index contributed by atoms with van der Waals surface area (Å²) in [5, 5.41) is 13.8. The van der Waals surface area contributed by atoms with Gasteiger partial charge >= 0.3 is 0 Å². The fraction of sp³-hybridized carbons (Fsp3) is 0.154. The Labute approximate surface area is 201 Å². The molecule has 8 heteroatoms. The first-order valence-electron chi connectivity index (χ1n) is 10.8. The fourth-order valence-electron chi connectivity index (χ4n) is 3.47. The Hall–Kier alpha value is -3.97. The average molecular weight is 476 g/mol. The highest BCUT2D eigenvalue weighted by Crippen LogP contribution is 2.29. The number of nitrogens with zero attached hydrogens (tertiary/aromatic N) is 2. The van der Waals surface area contributed by atoms with Gasteiger partial charge in [0.05, 0.1) is 4.92 Å². The molecule has 1 amide bonds. The molecule has 1 unspecified atom stereocenters. The third-order valence-electron chi connectivity index (χ3n) is 5.56. The van der Waals surface area contributed by atoms with Crippen LogP contribution in [0.1, 0.15) is 37.3 Å². The largest absolute Gasteiger partial charge is 0.436 e. The number of halogens is 1. The lowest BCUT2D eigenvalue weighted by molar-refractivity contribution is -0.384. The van der Waals surface area contributed by atoms with Crippen molar-refractivity contribution in [2.45, 2.75) is 26.2 Å². The number of carbonyl (C=O) groups excluding carboxylic acids is 1. The van der Waals surface area contributed by atoms with E-state index in [1.54, 1.807) is 24.3 Å². The van der Waals surface area contributed by atoms with Crippen molar-refractivity contribution >= 4 is 46.1 Å². The van der Waals surface area contributed by atoms with Crippen molar-refractivity contribution < 1.29 is 14.1 Å². The highest BCUT2D eigenvalue weighted by atomic mass is 35.5. The van der Waals surface area contributed by atoms with E-state index in [4.69, 9.17) is 16.0 Å². The summed E-state index contributed by atoms with van der Waals surface area (Å²) in [6, 6.07) is 17.6. The standard InChI is InChI=1S/C26H22ClN3O4/c1-3-16(2)18-9-11-24-22(15-18)29-26(34-24)19-5-4-6-20(14-19)28-25(31)12-8-17-7-10-21(27)23(13-17)30(32)33/h4-16H,3H2,1-2H3,(H,28,31). The van der Waals surface area contributed by atoms with Crippen LogP contribution in [0.3, 0.4) is 0 Å². The number of nitrogens with one attached hydrogen (secondary N) is 1. The van der Waals surface area contributed by atoms with Gasteiger partial charge in [-0.3, -0.25) is 14.9 Å². The second-order valence-corrected chi connectivity index (χ2v) is 8.33. The van der Waals surface area contributed by atoms with Gasteiger partial charge in [-0.2, -0.15) is 0 Å². The molecular weight excluding hydrogens is 454 g/mol. The maximum atomic E-state index is 12.4. The van der Waals surface area contributed by atoms with Crippen LogP contribution in [0.25, 0.3) is 28.6 Å². The van der Waals surface area contributed by atoms with Crippen LogP contribution in [0, 0.1) is 10.1 Å². The first-order valence-corrected chi connectivity index (χ1v) is 11.2. The summed E-state index contributed by atoms with van der Waals surface area (Å²) in [6.07, 6.45) is 3.83. The molecule has 0 aliphatic rings. The molecule has 1 N–H and O–H groups in total. The Morgan fingerprint density at radius 2 is 2.03 bits per heavy atom. The van der Waals surface area contributed by atoms with Crippen molar-refractivity contribution in [2.24, 2.45) is 0 Å². The number of nitro benzene ring substituents is 1. The molecule has 3 aromatic carbocycles. The Morgan fingerprint density at radius 1 is 1.21 bits per heavy atom. The zero-order valence-electron chi connectivity index (χ0n) is 18.6. The van der Waals surface area contributed by atoms with Crippen molar-refractivity contribution in [2.75, 3.05) is 5.32 Å². The van der Waals surface area contributed by atoms with Crippen LogP contribution in [0.2, 0.25) is 5.02 Å². The van der Waals surface area contributed by atoms with Gasteiger partial charge in [0.1, 0.15) is 10.5 Å². The van der Waals surface area contributed by atoms with Crippen LogP contribution in [0.5, 0.6) is 0 Å². The number of hydrogen-bond acceptors (Lipinski definition) is 5. The van der Waals surface area contributed by atoms with Gasteiger partial charge in [-0.05, 0) is 65.9 Å². The van der Waals surface area contributed by atoms with Crippen LogP contribution < -0.4 is 5.32 Å². The molecule has 1 heterocycles. The molecule has 0 bridgehead atoms. The highest BCUT2D eigenvalue weighted by molar-refractivity contribution is 6.32.